The predicted molar refractivity (Wildman–Crippen MR) is 73.6 cm³/mol. The van der Waals surface area contributed by atoms with Crippen LogP contribution in [-0.4, -0.2) is 17.2 Å². The SMILES string of the molecule is O=C(O)[C@@H](Cc1cccc(C(F)(F)F)c1)Oc1ccccc1. The van der Waals surface area contributed by atoms with E-state index in [9.17, 15) is 23.1 Å². The first-order valence-corrected chi connectivity index (χ1v) is 6.47. The van der Waals surface area contributed by atoms with Gasteiger partial charge in [0.25, 0.3) is 0 Å². The smallest absolute Gasteiger partial charge is 0.416 e. The summed E-state index contributed by atoms with van der Waals surface area (Å²) < 4.78 is 43.3. The van der Waals surface area contributed by atoms with Crippen molar-refractivity contribution in [3.8, 4) is 5.75 Å². The van der Waals surface area contributed by atoms with Crippen LogP contribution in [-0.2, 0) is 17.4 Å². The number of benzene rings is 2. The second kappa shape index (κ2) is 6.51. The fourth-order valence-corrected chi connectivity index (χ4v) is 1.93. The number of carboxylic acids is 1. The number of carboxylic acid groups (broad SMARTS) is 1. The number of rotatable bonds is 5. The number of hydrogen-bond donors (Lipinski definition) is 1. The summed E-state index contributed by atoms with van der Waals surface area (Å²) in [6.07, 6.45) is -5.88. The maximum atomic E-state index is 12.7. The number of ether oxygens (including phenoxy) is 1. The van der Waals surface area contributed by atoms with Crippen LogP contribution in [0, 0.1) is 0 Å². The van der Waals surface area contributed by atoms with Gasteiger partial charge in [0.1, 0.15) is 5.75 Å². The molecule has 0 saturated carbocycles. The van der Waals surface area contributed by atoms with Crippen molar-refractivity contribution >= 4 is 5.97 Å². The van der Waals surface area contributed by atoms with E-state index in [1.807, 2.05) is 0 Å². The molecule has 1 N–H and O–H groups in total. The fraction of sp³-hybridized carbons (Fsp3) is 0.188. The van der Waals surface area contributed by atoms with Crippen LogP contribution in [0.2, 0.25) is 0 Å². The van der Waals surface area contributed by atoms with Gasteiger partial charge in [0.2, 0.25) is 0 Å². The van der Waals surface area contributed by atoms with Gasteiger partial charge in [-0.05, 0) is 23.8 Å². The van der Waals surface area contributed by atoms with E-state index in [0.29, 0.717) is 5.75 Å². The largest absolute Gasteiger partial charge is 0.478 e. The van der Waals surface area contributed by atoms with E-state index < -0.39 is 23.8 Å². The van der Waals surface area contributed by atoms with Gasteiger partial charge in [-0.15, -0.1) is 0 Å². The minimum atomic E-state index is -4.46. The Morgan fingerprint density at radius 3 is 2.36 bits per heavy atom. The molecule has 0 radical (unpaired) electrons. The number of halogens is 3. The van der Waals surface area contributed by atoms with Gasteiger partial charge < -0.3 is 9.84 Å². The van der Waals surface area contributed by atoms with E-state index >= 15 is 0 Å². The van der Waals surface area contributed by atoms with Crippen LogP contribution in [0.1, 0.15) is 11.1 Å². The fourth-order valence-electron chi connectivity index (χ4n) is 1.93. The van der Waals surface area contributed by atoms with Gasteiger partial charge in [0.05, 0.1) is 5.56 Å². The van der Waals surface area contributed by atoms with Crippen molar-refractivity contribution in [3.63, 3.8) is 0 Å². The van der Waals surface area contributed by atoms with Crippen molar-refractivity contribution in [2.75, 3.05) is 0 Å². The molecule has 3 nitrogen and oxygen atoms in total. The number of aliphatic carboxylic acids is 1. The molecule has 0 fully saturated rings. The van der Waals surface area contributed by atoms with Crippen LogP contribution >= 0.6 is 0 Å². The minimum Gasteiger partial charge on any atom is -0.478 e. The molecular weight excluding hydrogens is 297 g/mol. The Labute approximate surface area is 125 Å². The lowest BCUT2D eigenvalue weighted by atomic mass is 10.0. The summed E-state index contributed by atoms with van der Waals surface area (Å²) in [6.45, 7) is 0. The molecule has 2 aromatic carbocycles. The molecule has 0 amide bonds. The lowest BCUT2D eigenvalue weighted by molar-refractivity contribution is -0.145. The third kappa shape index (κ3) is 4.25. The molecular formula is C16H13F3O3. The molecule has 2 aromatic rings. The van der Waals surface area contributed by atoms with Gasteiger partial charge in [-0.25, -0.2) is 4.79 Å². The summed E-state index contributed by atoms with van der Waals surface area (Å²) in [5, 5.41) is 9.18. The molecule has 0 aliphatic rings. The van der Waals surface area contributed by atoms with Gasteiger partial charge in [0, 0.05) is 6.42 Å². The molecule has 0 spiro atoms. The highest BCUT2D eigenvalue weighted by atomic mass is 19.4. The van der Waals surface area contributed by atoms with Crippen molar-refractivity contribution < 1.29 is 27.8 Å². The Morgan fingerprint density at radius 1 is 1.09 bits per heavy atom. The summed E-state index contributed by atoms with van der Waals surface area (Å²) in [6, 6.07) is 12.8. The van der Waals surface area contributed by atoms with E-state index in [2.05, 4.69) is 0 Å². The van der Waals surface area contributed by atoms with Crippen LogP contribution in [0.3, 0.4) is 0 Å². The average Bonchev–Trinajstić information content (AvgIpc) is 2.47. The molecule has 22 heavy (non-hydrogen) atoms. The van der Waals surface area contributed by atoms with E-state index in [4.69, 9.17) is 4.74 Å². The van der Waals surface area contributed by atoms with Gasteiger partial charge in [-0.3, -0.25) is 0 Å². The monoisotopic (exact) mass is 310 g/mol. The van der Waals surface area contributed by atoms with Crippen LogP contribution in [0.5, 0.6) is 5.75 Å². The molecule has 2 rings (SSSR count). The second-order valence-corrected chi connectivity index (χ2v) is 4.66. The van der Waals surface area contributed by atoms with Crippen LogP contribution in [0.4, 0.5) is 13.2 Å². The molecule has 0 bridgehead atoms. The molecule has 0 heterocycles. The van der Waals surface area contributed by atoms with Crippen molar-refractivity contribution in [2.45, 2.75) is 18.7 Å². The third-order valence-corrected chi connectivity index (χ3v) is 2.97. The van der Waals surface area contributed by atoms with Crippen molar-refractivity contribution in [1.29, 1.82) is 0 Å². The summed E-state index contributed by atoms with van der Waals surface area (Å²) >= 11 is 0. The van der Waals surface area contributed by atoms with Gasteiger partial charge in [-0.2, -0.15) is 13.2 Å². The predicted octanol–water partition coefficient (Wildman–Crippen LogP) is 3.78. The van der Waals surface area contributed by atoms with Gasteiger partial charge in [-0.1, -0.05) is 36.4 Å². The van der Waals surface area contributed by atoms with E-state index in [1.165, 1.54) is 12.1 Å². The lowest BCUT2D eigenvalue weighted by Gasteiger charge is -2.16. The molecule has 0 aliphatic carbocycles. The Bertz CT molecular complexity index is 639. The number of para-hydroxylation sites is 1. The highest BCUT2D eigenvalue weighted by Gasteiger charge is 2.31. The highest BCUT2D eigenvalue weighted by molar-refractivity contribution is 5.73. The molecule has 0 aliphatic heterocycles. The first-order chi connectivity index (χ1) is 10.4. The maximum Gasteiger partial charge on any atom is 0.416 e. The van der Waals surface area contributed by atoms with Crippen LogP contribution in [0.15, 0.2) is 54.6 Å². The van der Waals surface area contributed by atoms with Crippen molar-refractivity contribution in [2.24, 2.45) is 0 Å². The molecule has 0 unspecified atom stereocenters. The van der Waals surface area contributed by atoms with Crippen LogP contribution < -0.4 is 4.74 Å². The summed E-state index contributed by atoms with van der Waals surface area (Å²) in [7, 11) is 0. The Hall–Kier alpha value is -2.50. The molecule has 116 valence electrons. The molecule has 0 saturated heterocycles. The molecule has 0 aromatic heterocycles. The quantitative estimate of drug-likeness (QED) is 0.914. The third-order valence-electron chi connectivity index (χ3n) is 2.97. The van der Waals surface area contributed by atoms with E-state index in [1.54, 1.807) is 30.3 Å². The van der Waals surface area contributed by atoms with Gasteiger partial charge in [0.15, 0.2) is 6.10 Å². The topological polar surface area (TPSA) is 46.5 Å². The number of alkyl halides is 3. The summed E-state index contributed by atoms with van der Waals surface area (Å²) in [5.41, 5.74) is -0.563. The highest BCUT2D eigenvalue weighted by Crippen LogP contribution is 2.29. The normalized spacial score (nSPS) is 12.7. The summed E-state index contributed by atoms with van der Waals surface area (Å²) in [5.74, 6) is -0.886. The first-order valence-electron chi connectivity index (χ1n) is 6.47. The Morgan fingerprint density at radius 2 is 1.77 bits per heavy atom. The first kappa shape index (κ1) is 15.9. The molecule has 6 heteroatoms. The van der Waals surface area contributed by atoms with Crippen molar-refractivity contribution in [3.05, 3.63) is 65.7 Å². The lowest BCUT2D eigenvalue weighted by Crippen LogP contribution is -2.29. The zero-order chi connectivity index (χ0) is 16.2. The zero-order valence-corrected chi connectivity index (χ0v) is 11.4. The zero-order valence-electron chi connectivity index (χ0n) is 11.4. The standard InChI is InChI=1S/C16H13F3O3/c17-16(18,19)12-6-4-5-11(9-12)10-14(15(20)21)22-13-7-2-1-3-8-13/h1-9,14H,10H2,(H,20,21)/t14-/m1/s1. The van der Waals surface area contributed by atoms with Gasteiger partial charge >= 0.3 is 12.1 Å². The average molecular weight is 310 g/mol. The van der Waals surface area contributed by atoms with Crippen LogP contribution in [0.25, 0.3) is 0 Å². The van der Waals surface area contributed by atoms with Crippen molar-refractivity contribution in [1.82, 2.24) is 0 Å². The Kier molecular flexibility index (Phi) is 4.70. The number of carbonyl (C=O) groups is 1. The maximum absolute atomic E-state index is 12.7. The molecule has 1 atom stereocenters. The summed E-state index contributed by atoms with van der Waals surface area (Å²) in [4.78, 5) is 11.2. The van der Waals surface area contributed by atoms with E-state index in [0.717, 1.165) is 12.1 Å². The Balaban J connectivity index is 2.16. The number of hydrogen-bond acceptors (Lipinski definition) is 2. The minimum absolute atomic E-state index is 0.159. The van der Waals surface area contributed by atoms with E-state index in [-0.39, 0.29) is 12.0 Å². The second-order valence-electron chi connectivity index (χ2n) is 4.66.